The van der Waals surface area contributed by atoms with Crippen molar-refractivity contribution in [3.05, 3.63) is 29.6 Å². The summed E-state index contributed by atoms with van der Waals surface area (Å²) in [4.78, 5) is 4.18. The topological polar surface area (TPSA) is 24.9 Å². The summed E-state index contributed by atoms with van der Waals surface area (Å²) in [5.41, 5.74) is 2.49. The van der Waals surface area contributed by atoms with Crippen LogP contribution in [0, 0.1) is 6.92 Å². The SMILES string of the molecule is CCSCC(C)NCc1cncc(C)c1. The zero-order valence-electron chi connectivity index (χ0n) is 9.79. The zero-order chi connectivity index (χ0) is 11.1. The van der Waals surface area contributed by atoms with E-state index < -0.39 is 0 Å². The molecule has 0 spiro atoms. The number of nitrogens with zero attached hydrogens (tertiary/aromatic N) is 1. The number of aryl methyl sites for hydroxylation is 1. The van der Waals surface area contributed by atoms with Gasteiger partial charge < -0.3 is 5.32 Å². The highest BCUT2D eigenvalue weighted by Crippen LogP contribution is 2.04. The molecule has 0 aliphatic rings. The fourth-order valence-corrected chi connectivity index (χ4v) is 2.07. The number of aromatic nitrogens is 1. The van der Waals surface area contributed by atoms with E-state index in [0.717, 1.165) is 6.54 Å². The molecule has 1 N–H and O–H groups in total. The van der Waals surface area contributed by atoms with Crippen LogP contribution in [-0.2, 0) is 6.54 Å². The van der Waals surface area contributed by atoms with Crippen LogP contribution >= 0.6 is 11.8 Å². The molecular formula is C12H20N2S. The Morgan fingerprint density at radius 3 is 2.93 bits per heavy atom. The fraction of sp³-hybridized carbons (Fsp3) is 0.583. The smallest absolute Gasteiger partial charge is 0.0313 e. The molecule has 0 saturated heterocycles. The second kappa shape index (κ2) is 6.85. The summed E-state index contributed by atoms with van der Waals surface area (Å²) < 4.78 is 0. The zero-order valence-corrected chi connectivity index (χ0v) is 10.6. The lowest BCUT2D eigenvalue weighted by Crippen LogP contribution is -2.27. The van der Waals surface area contributed by atoms with E-state index in [-0.39, 0.29) is 0 Å². The minimum absolute atomic E-state index is 0.565. The van der Waals surface area contributed by atoms with Crippen molar-refractivity contribution in [2.24, 2.45) is 0 Å². The highest BCUT2D eigenvalue weighted by atomic mass is 32.2. The minimum atomic E-state index is 0.565. The molecule has 0 saturated carbocycles. The van der Waals surface area contributed by atoms with Gasteiger partial charge in [0.1, 0.15) is 0 Å². The monoisotopic (exact) mass is 224 g/mol. The number of hydrogen-bond donors (Lipinski definition) is 1. The van der Waals surface area contributed by atoms with Gasteiger partial charge in [0.25, 0.3) is 0 Å². The highest BCUT2D eigenvalue weighted by molar-refractivity contribution is 7.99. The van der Waals surface area contributed by atoms with Crippen LogP contribution in [0.5, 0.6) is 0 Å². The number of thioether (sulfide) groups is 1. The van der Waals surface area contributed by atoms with Crippen molar-refractivity contribution in [1.29, 1.82) is 0 Å². The molecule has 1 atom stereocenters. The predicted molar refractivity (Wildman–Crippen MR) is 68.3 cm³/mol. The molecule has 0 bridgehead atoms. The maximum absolute atomic E-state index is 4.18. The van der Waals surface area contributed by atoms with Crippen LogP contribution < -0.4 is 5.32 Å². The van der Waals surface area contributed by atoms with Crippen LogP contribution in [0.25, 0.3) is 0 Å². The molecule has 84 valence electrons. The predicted octanol–water partition coefficient (Wildman–Crippen LogP) is 2.62. The Morgan fingerprint density at radius 2 is 2.27 bits per heavy atom. The van der Waals surface area contributed by atoms with Gasteiger partial charge >= 0.3 is 0 Å². The number of pyridine rings is 1. The molecule has 0 aliphatic heterocycles. The van der Waals surface area contributed by atoms with Crippen LogP contribution in [0.4, 0.5) is 0 Å². The largest absolute Gasteiger partial charge is 0.309 e. The van der Waals surface area contributed by atoms with Crippen molar-refractivity contribution >= 4 is 11.8 Å². The van der Waals surface area contributed by atoms with Gasteiger partial charge in [0.15, 0.2) is 0 Å². The maximum atomic E-state index is 4.18. The molecule has 0 amide bonds. The highest BCUT2D eigenvalue weighted by Gasteiger charge is 2.01. The lowest BCUT2D eigenvalue weighted by Gasteiger charge is -2.12. The van der Waals surface area contributed by atoms with Crippen LogP contribution in [0.3, 0.4) is 0 Å². The Labute approximate surface area is 96.9 Å². The van der Waals surface area contributed by atoms with Crippen molar-refractivity contribution in [1.82, 2.24) is 10.3 Å². The molecule has 1 aromatic rings. The lowest BCUT2D eigenvalue weighted by molar-refractivity contribution is 0.595. The van der Waals surface area contributed by atoms with E-state index in [1.807, 2.05) is 24.2 Å². The molecule has 0 fully saturated rings. The first kappa shape index (κ1) is 12.5. The van der Waals surface area contributed by atoms with Crippen molar-refractivity contribution in [3.63, 3.8) is 0 Å². The van der Waals surface area contributed by atoms with Crippen LogP contribution in [0.15, 0.2) is 18.5 Å². The normalized spacial score (nSPS) is 12.7. The molecule has 0 aromatic carbocycles. The Kier molecular flexibility index (Phi) is 5.73. The quantitative estimate of drug-likeness (QED) is 0.804. The summed E-state index contributed by atoms with van der Waals surface area (Å²) in [6, 6.07) is 2.75. The van der Waals surface area contributed by atoms with Crippen LogP contribution in [-0.4, -0.2) is 22.5 Å². The molecule has 1 unspecified atom stereocenters. The van der Waals surface area contributed by atoms with Crippen molar-refractivity contribution in [2.45, 2.75) is 33.4 Å². The molecule has 0 aliphatic carbocycles. The van der Waals surface area contributed by atoms with E-state index in [0.29, 0.717) is 6.04 Å². The van der Waals surface area contributed by atoms with E-state index in [1.165, 1.54) is 22.6 Å². The van der Waals surface area contributed by atoms with Crippen molar-refractivity contribution in [3.8, 4) is 0 Å². The van der Waals surface area contributed by atoms with Gasteiger partial charge in [-0.05, 0) is 30.7 Å². The second-order valence-corrected chi connectivity index (χ2v) is 5.13. The van der Waals surface area contributed by atoms with Gasteiger partial charge in [-0.25, -0.2) is 0 Å². The summed E-state index contributed by atoms with van der Waals surface area (Å²) >= 11 is 1.98. The first-order valence-electron chi connectivity index (χ1n) is 5.44. The Balaban J connectivity index is 2.30. The van der Waals surface area contributed by atoms with E-state index in [2.05, 4.69) is 37.1 Å². The molecule has 1 aromatic heterocycles. The summed E-state index contributed by atoms with van der Waals surface area (Å²) in [5.74, 6) is 2.37. The average Bonchev–Trinajstić information content (AvgIpc) is 2.23. The Hall–Kier alpha value is -0.540. The van der Waals surface area contributed by atoms with E-state index in [4.69, 9.17) is 0 Å². The molecule has 2 nitrogen and oxygen atoms in total. The first-order chi connectivity index (χ1) is 7.22. The molecular weight excluding hydrogens is 204 g/mol. The minimum Gasteiger partial charge on any atom is -0.309 e. The Bertz CT molecular complexity index is 289. The number of hydrogen-bond acceptors (Lipinski definition) is 3. The lowest BCUT2D eigenvalue weighted by atomic mass is 10.2. The molecule has 15 heavy (non-hydrogen) atoms. The summed E-state index contributed by atoms with van der Waals surface area (Å²) in [6.45, 7) is 7.42. The van der Waals surface area contributed by atoms with Gasteiger partial charge in [0, 0.05) is 30.7 Å². The van der Waals surface area contributed by atoms with Crippen LogP contribution in [0.1, 0.15) is 25.0 Å². The van der Waals surface area contributed by atoms with Crippen molar-refractivity contribution in [2.75, 3.05) is 11.5 Å². The van der Waals surface area contributed by atoms with Gasteiger partial charge in [-0.2, -0.15) is 11.8 Å². The van der Waals surface area contributed by atoms with Gasteiger partial charge in [-0.1, -0.05) is 13.0 Å². The number of nitrogens with one attached hydrogen (secondary N) is 1. The summed E-state index contributed by atoms with van der Waals surface area (Å²) in [5, 5.41) is 3.50. The Morgan fingerprint density at radius 1 is 1.47 bits per heavy atom. The number of rotatable bonds is 6. The molecule has 1 heterocycles. The molecule has 3 heteroatoms. The van der Waals surface area contributed by atoms with Gasteiger partial charge in [0.2, 0.25) is 0 Å². The van der Waals surface area contributed by atoms with E-state index in [1.54, 1.807) is 0 Å². The third kappa shape index (κ3) is 5.19. The van der Waals surface area contributed by atoms with Crippen LogP contribution in [0.2, 0.25) is 0 Å². The van der Waals surface area contributed by atoms with E-state index >= 15 is 0 Å². The van der Waals surface area contributed by atoms with Gasteiger partial charge in [-0.15, -0.1) is 0 Å². The average molecular weight is 224 g/mol. The van der Waals surface area contributed by atoms with Gasteiger partial charge in [0.05, 0.1) is 0 Å². The van der Waals surface area contributed by atoms with Gasteiger partial charge in [-0.3, -0.25) is 4.98 Å². The molecule has 0 radical (unpaired) electrons. The van der Waals surface area contributed by atoms with E-state index in [9.17, 15) is 0 Å². The summed E-state index contributed by atoms with van der Waals surface area (Å²) in [6.07, 6.45) is 3.82. The fourth-order valence-electron chi connectivity index (χ4n) is 1.36. The standard InChI is InChI=1S/C12H20N2S/c1-4-15-9-11(3)14-8-12-5-10(2)6-13-7-12/h5-7,11,14H,4,8-9H2,1-3H3. The summed E-state index contributed by atoms with van der Waals surface area (Å²) in [7, 11) is 0. The first-order valence-corrected chi connectivity index (χ1v) is 6.59. The second-order valence-electron chi connectivity index (χ2n) is 3.81. The third-order valence-electron chi connectivity index (χ3n) is 2.16. The van der Waals surface area contributed by atoms with Crippen molar-refractivity contribution < 1.29 is 0 Å². The third-order valence-corrected chi connectivity index (χ3v) is 3.30. The maximum Gasteiger partial charge on any atom is 0.0313 e. The molecule has 1 rings (SSSR count).